The average molecular weight is 259 g/mol. The molecular weight excluding hydrogens is 238 g/mol. The van der Waals surface area contributed by atoms with Gasteiger partial charge in [0.05, 0.1) is 13.2 Å². The monoisotopic (exact) mass is 259 g/mol. The minimum absolute atomic E-state index is 0.0112. The van der Waals surface area contributed by atoms with E-state index in [1.54, 1.807) is 13.8 Å². The van der Waals surface area contributed by atoms with Gasteiger partial charge < -0.3 is 14.6 Å². The zero-order valence-electron chi connectivity index (χ0n) is 11.4. The second-order valence-corrected chi connectivity index (χ2v) is 5.12. The molecule has 0 radical (unpaired) electrons. The minimum atomic E-state index is -1.27. The van der Waals surface area contributed by atoms with E-state index in [1.807, 2.05) is 6.92 Å². The molecule has 1 aliphatic heterocycles. The minimum Gasteiger partial charge on any atom is -0.465 e. The summed E-state index contributed by atoms with van der Waals surface area (Å²) in [5, 5.41) is 9.24. The highest BCUT2D eigenvalue weighted by Gasteiger charge is 2.57. The molecule has 0 aromatic rings. The maximum absolute atomic E-state index is 12.0. The third-order valence-electron chi connectivity index (χ3n) is 3.10. The Balaban J connectivity index is 2.84. The molecule has 18 heavy (non-hydrogen) atoms. The van der Waals surface area contributed by atoms with Crippen molar-refractivity contribution in [3.05, 3.63) is 0 Å². The summed E-state index contributed by atoms with van der Waals surface area (Å²) in [5.74, 6) is -0.552. The maximum Gasteiger partial charge on any atom is 0.410 e. The van der Waals surface area contributed by atoms with Gasteiger partial charge in [-0.15, -0.1) is 0 Å². The van der Waals surface area contributed by atoms with Gasteiger partial charge in [-0.3, -0.25) is 4.90 Å². The van der Waals surface area contributed by atoms with Crippen LogP contribution in [0.1, 0.15) is 40.5 Å². The molecule has 1 atom stereocenters. The van der Waals surface area contributed by atoms with E-state index in [4.69, 9.17) is 9.47 Å². The molecule has 0 aromatic heterocycles. The lowest BCUT2D eigenvalue weighted by Crippen LogP contribution is -2.58. The zero-order valence-corrected chi connectivity index (χ0v) is 11.4. The van der Waals surface area contributed by atoms with Crippen LogP contribution in [0, 0.1) is 0 Å². The predicted octanol–water partition coefficient (Wildman–Crippen LogP) is 1.83. The third kappa shape index (κ3) is 2.58. The number of carboxylic acid groups (broad SMARTS) is 1. The van der Waals surface area contributed by atoms with E-state index in [0.29, 0.717) is 6.61 Å². The summed E-state index contributed by atoms with van der Waals surface area (Å²) in [7, 11) is 0. The molecule has 0 bridgehead atoms. The number of unbranched alkanes of at least 4 members (excludes halogenated alkanes) is 1. The summed E-state index contributed by atoms with van der Waals surface area (Å²) in [6.45, 7) is 7.07. The Morgan fingerprint density at radius 3 is 2.50 bits per heavy atom. The molecule has 1 aliphatic rings. The van der Waals surface area contributed by atoms with Crippen molar-refractivity contribution in [3.8, 4) is 0 Å². The molecular formula is C12H21NO5. The van der Waals surface area contributed by atoms with E-state index >= 15 is 0 Å². The van der Waals surface area contributed by atoms with E-state index in [0.717, 1.165) is 17.7 Å². The number of hydrogen-bond acceptors (Lipinski definition) is 4. The van der Waals surface area contributed by atoms with E-state index in [2.05, 4.69) is 0 Å². The largest absolute Gasteiger partial charge is 0.465 e. The Labute approximate surface area is 107 Å². The first-order valence-corrected chi connectivity index (χ1v) is 6.10. The van der Waals surface area contributed by atoms with Gasteiger partial charge in [0.25, 0.3) is 0 Å². The fraction of sp³-hybridized carbons (Fsp3) is 0.833. The van der Waals surface area contributed by atoms with Crippen molar-refractivity contribution in [1.82, 2.24) is 4.90 Å². The Kier molecular flexibility index (Phi) is 4.21. The number of amides is 1. The van der Waals surface area contributed by atoms with Gasteiger partial charge in [0, 0.05) is 0 Å². The lowest BCUT2D eigenvalue weighted by atomic mass is 10.0. The predicted molar refractivity (Wildman–Crippen MR) is 64.2 cm³/mol. The van der Waals surface area contributed by atoms with Gasteiger partial charge in [-0.05, 0) is 27.2 Å². The molecule has 1 amide bonds. The van der Waals surface area contributed by atoms with Crippen LogP contribution in [0.15, 0.2) is 0 Å². The molecule has 1 rings (SSSR count). The van der Waals surface area contributed by atoms with Gasteiger partial charge in [0.1, 0.15) is 5.72 Å². The van der Waals surface area contributed by atoms with E-state index < -0.39 is 23.3 Å². The fourth-order valence-electron chi connectivity index (χ4n) is 2.10. The fourth-order valence-corrected chi connectivity index (χ4v) is 2.10. The number of hydrogen-bond donors (Lipinski definition) is 1. The summed E-state index contributed by atoms with van der Waals surface area (Å²) < 4.78 is 10.5. The quantitative estimate of drug-likeness (QED) is 0.615. The number of nitrogens with zero attached hydrogens (tertiary/aromatic N) is 1. The van der Waals surface area contributed by atoms with Crippen molar-refractivity contribution in [2.45, 2.75) is 51.8 Å². The Morgan fingerprint density at radius 1 is 1.39 bits per heavy atom. The molecule has 1 fully saturated rings. The molecule has 0 spiro atoms. The van der Waals surface area contributed by atoms with Crippen LogP contribution < -0.4 is 0 Å². The van der Waals surface area contributed by atoms with Crippen molar-refractivity contribution >= 4 is 12.1 Å². The Morgan fingerprint density at radius 2 is 2.00 bits per heavy atom. The summed E-state index contributed by atoms with van der Waals surface area (Å²) in [6.07, 6.45) is 0.487. The first kappa shape index (κ1) is 14.8. The number of esters is 1. The van der Waals surface area contributed by atoms with Crippen LogP contribution in [0.5, 0.6) is 0 Å². The lowest BCUT2D eigenvalue weighted by molar-refractivity contribution is -0.155. The normalized spacial score (nSPS) is 26.1. The second kappa shape index (κ2) is 5.14. The van der Waals surface area contributed by atoms with Gasteiger partial charge in [-0.25, -0.2) is 9.59 Å². The van der Waals surface area contributed by atoms with E-state index in [-0.39, 0.29) is 6.61 Å². The lowest BCUT2D eigenvalue weighted by Gasteiger charge is -2.35. The third-order valence-corrected chi connectivity index (χ3v) is 3.10. The summed E-state index contributed by atoms with van der Waals surface area (Å²) in [5.41, 5.74) is -2.30. The number of carbonyl (C=O) groups is 2. The first-order chi connectivity index (χ1) is 8.25. The number of carbonyl (C=O) groups excluding carboxylic acids is 1. The van der Waals surface area contributed by atoms with Gasteiger partial charge in [-0.2, -0.15) is 0 Å². The summed E-state index contributed by atoms with van der Waals surface area (Å²) in [4.78, 5) is 24.4. The van der Waals surface area contributed by atoms with Crippen molar-refractivity contribution < 1.29 is 24.2 Å². The Bertz CT molecular complexity index is 341. The molecule has 1 unspecified atom stereocenters. The first-order valence-electron chi connectivity index (χ1n) is 6.10. The van der Waals surface area contributed by atoms with Gasteiger partial charge in [0.2, 0.25) is 0 Å². The zero-order chi connectivity index (χ0) is 14.0. The molecule has 0 aromatic carbocycles. The summed E-state index contributed by atoms with van der Waals surface area (Å²) >= 11 is 0. The second-order valence-electron chi connectivity index (χ2n) is 5.12. The van der Waals surface area contributed by atoms with Crippen LogP contribution in [0.4, 0.5) is 4.79 Å². The molecule has 0 saturated carbocycles. The number of ether oxygens (including phenoxy) is 2. The molecule has 6 heteroatoms. The van der Waals surface area contributed by atoms with Crippen LogP contribution in [-0.2, 0) is 14.3 Å². The molecule has 1 saturated heterocycles. The van der Waals surface area contributed by atoms with Gasteiger partial charge >= 0.3 is 12.1 Å². The standard InChI is InChI=1S/C12H21NO5/c1-5-6-7-17-9(14)12(4)8-18-11(2,3)13(12)10(15)16/h5-8H2,1-4H3,(H,15,16). The van der Waals surface area contributed by atoms with E-state index in [1.165, 1.54) is 6.92 Å². The van der Waals surface area contributed by atoms with E-state index in [9.17, 15) is 14.7 Å². The average Bonchev–Trinajstić information content (AvgIpc) is 2.50. The van der Waals surface area contributed by atoms with Crippen LogP contribution in [-0.4, -0.2) is 46.5 Å². The van der Waals surface area contributed by atoms with Crippen LogP contribution >= 0.6 is 0 Å². The SMILES string of the molecule is CCCCOC(=O)C1(C)COC(C)(C)N1C(=O)O. The van der Waals surface area contributed by atoms with Crippen LogP contribution in [0.3, 0.4) is 0 Å². The highest BCUT2D eigenvalue weighted by atomic mass is 16.6. The summed E-state index contributed by atoms with van der Waals surface area (Å²) in [6, 6.07) is 0. The van der Waals surface area contributed by atoms with Crippen LogP contribution in [0.2, 0.25) is 0 Å². The molecule has 0 aliphatic carbocycles. The maximum atomic E-state index is 12.0. The smallest absolute Gasteiger partial charge is 0.410 e. The van der Waals surface area contributed by atoms with Crippen molar-refractivity contribution in [1.29, 1.82) is 0 Å². The van der Waals surface area contributed by atoms with Crippen molar-refractivity contribution in [3.63, 3.8) is 0 Å². The molecule has 1 heterocycles. The van der Waals surface area contributed by atoms with Crippen LogP contribution in [0.25, 0.3) is 0 Å². The highest BCUT2D eigenvalue weighted by Crippen LogP contribution is 2.35. The topological polar surface area (TPSA) is 76.1 Å². The van der Waals surface area contributed by atoms with Gasteiger partial charge in [0.15, 0.2) is 5.54 Å². The molecule has 104 valence electrons. The molecule has 6 nitrogen and oxygen atoms in total. The van der Waals surface area contributed by atoms with Crippen molar-refractivity contribution in [2.75, 3.05) is 13.2 Å². The number of rotatable bonds is 4. The Hall–Kier alpha value is -1.30. The highest BCUT2D eigenvalue weighted by molar-refractivity contribution is 5.86. The van der Waals surface area contributed by atoms with Crippen molar-refractivity contribution in [2.24, 2.45) is 0 Å². The molecule has 1 N–H and O–H groups in total. The van der Waals surface area contributed by atoms with Gasteiger partial charge in [-0.1, -0.05) is 13.3 Å².